The number of nitrogens with zero attached hydrogens (tertiary/aromatic N) is 1. The number of imidazole rings is 1. The molecule has 0 aliphatic rings. The SMILES string of the molecule is O=C(CO)CCCCCCc1nc2ccccc2[nH]1. The van der Waals surface area contributed by atoms with Crippen LogP contribution in [-0.4, -0.2) is 27.5 Å². The van der Waals surface area contributed by atoms with E-state index < -0.39 is 0 Å². The van der Waals surface area contributed by atoms with E-state index >= 15 is 0 Å². The van der Waals surface area contributed by atoms with Crippen LogP contribution < -0.4 is 0 Å². The number of carbonyl (C=O) groups excluding carboxylic acids is 1. The summed E-state index contributed by atoms with van der Waals surface area (Å²) in [5.41, 5.74) is 2.11. The average Bonchev–Trinajstić information content (AvgIpc) is 2.84. The molecule has 0 saturated heterocycles. The van der Waals surface area contributed by atoms with Crippen molar-refractivity contribution in [1.82, 2.24) is 9.97 Å². The Morgan fingerprint density at radius 1 is 1.16 bits per heavy atom. The zero-order valence-corrected chi connectivity index (χ0v) is 11.1. The van der Waals surface area contributed by atoms with E-state index in [1.54, 1.807) is 0 Å². The molecule has 0 fully saturated rings. The molecule has 0 unspecified atom stereocenters. The van der Waals surface area contributed by atoms with Crippen molar-refractivity contribution in [3.63, 3.8) is 0 Å². The van der Waals surface area contributed by atoms with E-state index in [2.05, 4.69) is 9.97 Å². The van der Waals surface area contributed by atoms with E-state index in [0.717, 1.165) is 49.0 Å². The summed E-state index contributed by atoms with van der Waals surface area (Å²) in [6, 6.07) is 8.04. The maximum Gasteiger partial charge on any atom is 0.158 e. The number of carbonyl (C=O) groups is 1. The number of fused-ring (bicyclic) bond motifs is 1. The van der Waals surface area contributed by atoms with E-state index in [1.165, 1.54) is 0 Å². The van der Waals surface area contributed by atoms with Crippen LogP contribution in [0.3, 0.4) is 0 Å². The number of aliphatic hydroxyl groups excluding tert-OH is 1. The second kappa shape index (κ2) is 7.04. The van der Waals surface area contributed by atoms with Gasteiger partial charge in [0.05, 0.1) is 11.0 Å². The molecule has 1 heterocycles. The summed E-state index contributed by atoms with van der Waals surface area (Å²) in [6.07, 6.45) is 5.53. The predicted molar refractivity (Wildman–Crippen MR) is 75.0 cm³/mol. The van der Waals surface area contributed by atoms with Crippen LogP contribution in [-0.2, 0) is 11.2 Å². The molecule has 4 nitrogen and oxygen atoms in total. The summed E-state index contributed by atoms with van der Waals surface area (Å²) in [5, 5.41) is 8.59. The fourth-order valence-corrected chi connectivity index (χ4v) is 2.17. The van der Waals surface area contributed by atoms with Crippen molar-refractivity contribution in [2.75, 3.05) is 6.61 Å². The van der Waals surface area contributed by atoms with Crippen LogP contribution >= 0.6 is 0 Å². The summed E-state index contributed by atoms with van der Waals surface area (Å²) in [7, 11) is 0. The number of aliphatic hydroxyl groups is 1. The molecule has 0 aliphatic heterocycles. The van der Waals surface area contributed by atoms with Gasteiger partial charge in [-0.05, 0) is 25.0 Å². The Kier molecular flexibility index (Phi) is 5.10. The third kappa shape index (κ3) is 4.17. The normalized spacial score (nSPS) is 11.0. The van der Waals surface area contributed by atoms with E-state index in [0.29, 0.717) is 6.42 Å². The van der Waals surface area contributed by atoms with E-state index in [9.17, 15) is 4.79 Å². The zero-order chi connectivity index (χ0) is 13.5. The minimum Gasteiger partial charge on any atom is -0.389 e. The van der Waals surface area contributed by atoms with Crippen LogP contribution in [0.2, 0.25) is 0 Å². The van der Waals surface area contributed by atoms with Gasteiger partial charge in [0.25, 0.3) is 0 Å². The van der Waals surface area contributed by atoms with Crippen LogP contribution in [0.1, 0.15) is 37.9 Å². The molecule has 0 bridgehead atoms. The minimum absolute atomic E-state index is 0.0581. The first-order chi connectivity index (χ1) is 9.29. The number of aromatic amines is 1. The van der Waals surface area contributed by atoms with Crippen molar-refractivity contribution in [1.29, 1.82) is 0 Å². The van der Waals surface area contributed by atoms with Crippen molar-refractivity contribution < 1.29 is 9.90 Å². The quantitative estimate of drug-likeness (QED) is 0.717. The van der Waals surface area contributed by atoms with E-state index in [1.807, 2.05) is 24.3 Å². The molecule has 0 atom stereocenters. The molecular formula is C15H20N2O2. The van der Waals surface area contributed by atoms with Crippen molar-refractivity contribution in [2.24, 2.45) is 0 Å². The maximum absolute atomic E-state index is 10.9. The van der Waals surface area contributed by atoms with E-state index in [-0.39, 0.29) is 12.4 Å². The molecule has 2 N–H and O–H groups in total. The van der Waals surface area contributed by atoms with E-state index in [4.69, 9.17) is 5.11 Å². The molecule has 1 aromatic carbocycles. The third-order valence-electron chi connectivity index (χ3n) is 3.23. The second-order valence-corrected chi connectivity index (χ2v) is 4.81. The van der Waals surface area contributed by atoms with Gasteiger partial charge >= 0.3 is 0 Å². The smallest absolute Gasteiger partial charge is 0.158 e. The first-order valence-electron chi connectivity index (χ1n) is 6.86. The van der Waals surface area contributed by atoms with Crippen molar-refractivity contribution in [3.8, 4) is 0 Å². The minimum atomic E-state index is -0.320. The number of ketones is 1. The Morgan fingerprint density at radius 2 is 1.95 bits per heavy atom. The van der Waals surface area contributed by atoms with Gasteiger partial charge in [0.15, 0.2) is 5.78 Å². The molecule has 102 valence electrons. The number of aromatic nitrogens is 2. The van der Waals surface area contributed by atoms with Crippen LogP contribution in [0.15, 0.2) is 24.3 Å². The molecule has 1 aromatic heterocycles. The van der Waals surface area contributed by atoms with Crippen LogP contribution in [0, 0.1) is 0 Å². The Morgan fingerprint density at radius 3 is 2.74 bits per heavy atom. The number of benzene rings is 1. The first kappa shape index (κ1) is 13.7. The predicted octanol–water partition coefficient (Wildman–Crippen LogP) is 2.62. The molecule has 0 saturated carbocycles. The molecule has 0 radical (unpaired) electrons. The number of hydrogen-bond acceptors (Lipinski definition) is 3. The zero-order valence-electron chi connectivity index (χ0n) is 11.1. The number of unbranched alkanes of at least 4 members (excludes halogenated alkanes) is 3. The lowest BCUT2D eigenvalue weighted by molar-refractivity contribution is -0.121. The molecule has 19 heavy (non-hydrogen) atoms. The standard InChI is InChI=1S/C15H20N2O2/c18-11-12(19)7-3-1-2-4-10-15-16-13-8-5-6-9-14(13)17-15/h5-6,8-9,18H,1-4,7,10-11H2,(H,16,17). The van der Waals surface area contributed by atoms with Gasteiger partial charge in [0.1, 0.15) is 12.4 Å². The molecule has 2 aromatic rings. The summed E-state index contributed by atoms with van der Waals surface area (Å²) in [4.78, 5) is 18.7. The van der Waals surface area contributed by atoms with Crippen molar-refractivity contribution >= 4 is 16.8 Å². The second-order valence-electron chi connectivity index (χ2n) is 4.81. The lowest BCUT2D eigenvalue weighted by atomic mass is 10.1. The lowest BCUT2D eigenvalue weighted by Gasteiger charge is -1.99. The molecule has 4 heteroatoms. The number of rotatable bonds is 8. The highest BCUT2D eigenvalue weighted by Crippen LogP contribution is 2.13. The van der Waals surface area contributed by atoms with Gasteiger partial charge in [-0.3, -0.25) is 4.79 Å². The number of H-pyrrole nitrogens is 1. The number of nitrogens with one attached hydrogen (secondary N) is 1. The lowest BCUT2D eigenvalue weighted by Crippen LogP contribution is -2.02. The number of para-hydroxylation sites is 2. The molecule has 2 rings (SSSR count). The number of Topliss-reactive ketones (excluding diaryl/α,β-unsaturated/α-hetero) is 1. The molecule has 0 amide bonds. The van der Waals surface area contributed by atoms with Crippen molar-refractivity contribution in [3.05, 3.63) is 30.1 Å². The van der Waals surface area contributed by atoms with Gasteiger partial charge in [-0.2, -0.15) is 0 Å². The fraction of sp³-hybridized carbons (Fsp3) is 0.467. The number of hydrogen-bond donors (Lipinski definition) is 2. The van der Waals surface area contributed by atoms with Gasteiger partial charge in [-0.25, -0.2) is 4.98 Å². The number of aryl methyl sites for hydroxylation is 1. The topological polar surface area (TPSA) is 66.0 Å². The van der Waals surface area contributed by atoms with Gasteiger partial charge in [0, 0.05) is 12.8 Å². The highest BCUT2D eigenvalue weighted by atomic mass is 16.3. The Balaban J connectivity index is 1.67. The Bertz CT molecular complexity index is 501. The van der Waals surface area contributed by atoms with Gasteiger partial charge in [-0.1, -0.05) is 25.0 Å². The molecular weight excluding hydrogens is 240 g/mol. The fourth-order valence-electron chi connectivity index (χ4n) is 2.17. The highest BCUT2D eigenvalue weighted by Gasteiger charge is 2.02. The van der Waals surface area contributed by atoms with Gasteiger partial charge in [0.2, 0.25) is 0 Å². The van der Waals surface area contributed by atoms with Crippen molar-refractivity contribution in [2.45, 2.75) is 38.5 Å². The third-order valence-corrected chi connectivity index (χ3v) is 3.23. The Hall–Kier alpha value is -1.68. The summed E-state index contributed by atoms with van der Waals surface area (Å²) in [6.45, 7) is -0.320. The maximum atomic E-state index is 10.9. The van der Waals surface area contributed by atoms with Crippen LogP contribution in [0.25, 0.3) is 11.0 Å². The molecule has 0 spiro atoms. The Labute approximate surface area is 112 Å². The highest BCUT2D eigenvalue weighted by molar-refractivity contribution is 5.79. The summed E-state index contributed by atoms with van der Waals surface area (Å²) in [5.74, 6) is 0.977. The largest absolute Gasteiger partial charge is 0.389 e. The monoisotopic (exact) mass is 260 g/mol. The average molecular weight is 260 g/mol. The summed E-state index contributed by atoms with van der Waals surface area (Å²) < 4.78 is 0. The van der Waals surface area contributed by atoms with Gasteiger partial charge < -0.3 is 10.1 Å². The summed E-state index contributed by atoms with van der Waals surface area (Å²) >= 11 is 0. The van der Waals surface area contributed by atoms with Crippen LogP contribution in [0.4, 0.5) is 0 Å². The van der Waals surface area contributed by atoms with Gasteiger partial charge in [-0.15, -0.1) is 0 Å². The first-order valence-corrected chi connectivity index (χ1v) is 6.86. The van der Waals surface area contributed by atoms with Crippen LogP contribution in [0.5, 0.6) is 0 Å². The molecule has 0 aliphatic carbocycles.